The molecule has 0 spiro atoms. The third-order valence-corrected chi connectivity index (χ3v) is 2.46. The fourth-order valence-electron chi connectivity index (χ4n) is 1.48. The highest BCUT2D eigenvalue weighted by molar-refractivity contribution is 5.18. The van der Waals surface area contributed by atoms with Crippen molar-refractivity contribution >= 4 is 6.01 Å². The van der Waals surface area contributed by atoms with E-state index in [2.05, 4.69) is 25.5 Å². The molecule has 18 heavy (non-hydrogen) atoms. The maximum absolute atomic E-state index is 5.53. The predicted octanol–water partition coefficient (Wildman–Crippen LogP) is 2.05. The van der Waals surface area contributed by atoms with Crippen molar-refractivity contribution in [2.24, 2.45) is 0 Å². The standard InChI is InChI=1S/C12H19N5O/c1-8-7-14-9(15-8)5-6-13-11-17-16-10(18-11)12(2,3)4/h7H,5-6H2,1-4H3,(H,13,17)(H,14,15). The lowest BCUT2D eigenvalue weighted by Crippen LogP contribution is -2.11. The number of imidazole rings is 1. The predicted molar refractivity (Wildman–Crippen MR) is 68.5 cm³/mol. The molecule has 0 amide bonds. The Morgan fingerprint density at radius 1 is 1.33 bits per heavy atom. The van der Waals surface area contributed by atoms with Crippen LogP contribution in [0.25, 0.3) is 0 Å². The summed E-state index contributed by atoms with van der Waals surface area (Å²) in [6, 6.07) is 0.461. The second-order valence-corrected chi connectivity index (χ2v) is 5.35. The topological polar surface area (TPSA) is 79.6 Å². The molecule has 2 heterocycles. The van der Waals surface area contributed by atoms with Gasteiger partial charge in [0.15, 0.2) is 0 Å². The fourth-order valence-corrected chi connectivity index (χ4v) is 1.48. The molecule has 0 aliphatic carbocycles. The molecule has 98 valence electrons. The SMILES string of the molecule is Cc1cnc(CCNc2nnc(C(C)(C)C)o2)[nH]1. The van der Waals surface area contributed by atoms with E-state index in [1.165, 1.54) is 0 Å². The van der Waals surface area contributed by atoms with Crippen molar-refractivity contribution in [2.75, 3.05) is 11.9 Å². The Kier molecular flexibility index (Phi) is 3.36. The van der Waals surface area contributed by atoms with Crippen LogP contribution in [0.2, 0.25) is 0 Å². The quantitative estimate of drug-likeness (QED) is 0.867. The van der Waals surface area contributed by atoms with E-state index in [0.29, 0.717) is 18.5 Å². The van der Waals surface area contributed by atoms with Gasteiger partial charge < -0.3 is 14.7 Å². The Bertz CT molecular complexity index is 509. The number of anilines is 1. The van der Waals surface area contributed by atoms with Crippen LogP contribution in [0.15, 0.2) is 10.6 Å². The molecule has 0 atom stereocenters. The van der Waals surface area contributed by atoms with Crippen LogP contribution in [0.4, 0.5) is 6.01 Å². The number of aryl methyl sites for hydroxylation is 1. The number of rotatable bonds is 4. The van der Waals surface area contributed by atoms with Gasteiger partial charge in [0.25, 0.3) is 0 Å². The van der Waals surface area contributed by atoms with Crippen LogP contribution in [0.1, 0.15) is 38.2 Å². The minimum atomic E-state index is -0.120. The summed E-state index contributed by atoms with van der Waals surface area (Å²) in [5.74, 6) is 1.59. The molecule has 0 aliphatic rings. The normalized spacial score (nSPS) is 11.8. The van der Waals surface area contributed by atoms with E-state index in [9.17, 15) is 0 Å². The molecule has 6 nitrogen and oxygen atoms in total. The first-order valence-corrected chi connectivity index (χ1v) is 6.03. The van der Waals surface area contributed by atoms with Gasteiger partial charge in [-0.2, -0.15) is 0 Å². The van der Waals surface area contributed by atoms with Crippen molar-refractivity contribution < 1.29 is 4.42 Å². The van der Waals surface area contributed by atoms with Crippen molar-refractivity contribution in [2.45, 2.75) is 39.5 Å². The van der Waals surface area contributed by atoms with E-state index in [1.807, 2.05) is 33.9 Å². The van der Waals surface area contributed by atoms with Crippen molar-refractivity contribution in [3.05, 3.63) is 23.6 Å². The smallest absolute Gasteiger partial charge is 0.315 e. The molecule has 0 bridgehead atoms. The zero-order chi connectivity index (χ0) is 13.2. The summed E-state index contributed by atoms with van der Waals surface area (Å²) >= 11 is 0. The third kappa shape index (κ3) is 3.09. The van der Waals surface area contributed by atoms with Gasteiger partial charge in [0, 0.05) is 30.3 Å². The summed E-state index contributed by atoms with van der Waals surface area (Å²) < 4.78 is 5.53. The molecule has 6 heteroatoms. The maximum atomic E-state index is 5.53. The lowest BCUT2D eigenvalue weighted by molar-refractivity contribution is 0.399. The zero-order valence-electron chi connectivity index (χ0n) is 11.2. The first-order valence-electron chi connectivity index (χ1n) is 6.03. The summed E-state index contributed by atoms with van der Waals surface area (Å²) in [7, 11) is 0. The summed E-state index contributed by atoms with van der Waals surface area (Å²) in [4.78, 5) is 7.40. The van der Waals surface area contributed by atoms with Crippen molar-refractivity contribution in [1.29, 1.82) is 0 Å². The molecule has 0 fully saturated rings. The van der Waals surface area contributed by atoms with Crippen LogP contribution in [0.3, 0.4) is 0 Å². The van der Waals surface area contributed by atoms with Gasteiger partial charge in [0.05, 0.1) is 0 Å². The van der Waals surface area contributed by atoms with Crippen LogP contribution in [0.5, 0.6) is 0 Å². The minimum Gasteiger partial charge on any atom is -0.408 e. The Hall–Kier alpha value is -1.85. The first kappa shape index (κ1) is 12.6. The monoisotopic (exact) mass is 249 g/mol. The molecule has 0 unspecified atom stereocenters. The van der Waals surface area contributed by atoms with Crippen molar-refractivity contribution in [3.8, 4) is 0 Å². The van der Waals surface area contributed by atoms with E-state index < -0.39 is 0 Å². The van der Waals surface area contributed by atoms with Gasteiger partial charge in [-0.25, -0.2) is 4.98 Å². The molecule has 2 N–H and O–H groups in total. The number of H-pyrrole nitrogens is 1. The Balaban J connectivity index is 1.85. The highest BCUT2D eigenvalue weighted by atomic mass is 16.4. The molecule has 0 saturated heterocycles. The van der Waals surface area contributed by atoms with Crippen molar-refractivity contribution in [3.63, 3.8) is 0 Å². The lowest BCUT2D eigenvalue weighted by atomic mass is 9.97. The highest BCUT2D eigenvalue weighted by Gasteiger charge is 2.21. The molecule has 2 rings (SSSR count). The van der Waals surface area contributed by atoms with Gasteiger partial charge in [0.1, 0.15) is 5.82 Å². The second-order valence-electron chi connectivity index (χ2n) is 5.35. The first-order chi connectivity index (χ1) is 8.45. The number of aromatic nitrogens is 4. The number of aromatic amines is 1. The molecule has 0 aromatic carbocycles. The van der Waals surface area contributed by atoms with Crippen LogP contribution in [-0.4, -0.2) is 26.7 Å². The number of hydrogen-bond acceptors (Lipinski definition) is 5. The molecule has 0 saturated carbocycles. The molecular formula is C12H19N5O. The van der Waals surface area contributed by atoms with Crippen LogP contribution >= 0.6 is 0 Å². The summed E-state index contributed by atoms with van der Waals surface area (Å²) in [6.07, 6.45) is 2.61. The summed E-state index contributed by atoms with van der Waals surface area (Å²) in [6.45, 7) is 8.80. The van der Waals surface area contributed by atoms with Gasteiger partial charge in [-0.15, -0.1) is 5.10 Å². The summed E-state index contributed by atoms with van der Waals surface area (Å²) in [5.41, 5.74) is 0.947. The minimum absolute atomic E-state index is 0.120. The van der Waals surface area contributed by atoms with Crippen LogP contribution in [-0.2, 0) is 11.8 Å². The van der Waals surface area contributed by atoms with E-state index >= 15 is 0 Å². The number of nitrogens with one attached hydrogen (secondary N) is 2. The van der Waals surface area contributed by atoms with Gasteiger partial charge in [0.2, 0.25) is 5.89 Å². The van der Waals surface area contributed by atoms with Crippen molar-refractivity contribution in [1.82, 2.24) is 20.2 Å². The number of nitrogens with zero attached hydrogens (tertiary/aromatic N) is 3. The van der Waals surface area contributed by atoms with Gasteiger partial charge in [-0.3, -0.25) is 0 Å². The number of hydrogen-bond donors (Lipinski definition) is 2. The van der Waals surface area contributed by atoms with Gasteiger partial charge >= 0.3 is 6.01 Å². The molecular weight excluding hydrogens is 230 g/mol. The average Bonchev–Trinajstić information content (AvgIpc) is 2.87. The van der Waals surface area contributed by atoms with Crippen LogP contribution in [0, 0.1) is 6.92 Å². The largest absolute Gasteiger partial charge is 0.408 e. The molecule has 0 radical (unpaired) electrons. The van der Waals surface area contributed by atoms with E-state index in [1.54, 1.807) is 0 Å². The lowest BCUT2D eigenvalue weighted by Gasteiger charge is -2.10. The maximum Gasteiger partial charge on any atom is 0.315 e. The highest BCUT2D eigenvalue weighted by Crippen LogP contribution is 2.21. The zero-order valence-corrected chi connectivity index (χ0v) is 11.2. The molecule has 2 aromatic heterocycles. The molecule has 2 aromatic rings. The fraction of sp³-hybridized carbons (Fsp3) is 0.583. The average molecular weight is 249 g/mol. The van der Waals surface area contributed by atoms with Gasteiger partial charge in [-0.05, 0) is 6.92 Å². The summed E-state index contributed by atoms with van der Waals surface area (Å²) in [5, 5.41) is 11.1. The van der Waals surface area contributed by atoms with Crippen LogP contribution < -0.4 is 5.32 Å². The third-order valence-electron chi connectivity index (χ3n) is 2.46. The molecule has 0 aliphatic heterocycles. The second kappa shape index (κ2) is 4.80. The van der Waals surface area contributed by atoms with E-state index in [0.717, 1.165) is 17.9 Å². The Morgan fingerprint density at radius 2 is 2.11 bits per heavy atom. The van der Waals surface area contributed by atoms with E-state index in [4.69, 9.17) is 4.42 Å². The van der Waals surface area contributed by atoms with Gasteiger partial charge in [-0.1, -0.05) is 25.9 Å². The Morgan fingerprint density at radius 3 is 2.67 bits per heavy atom. The Labute approximate surface area is 106 Å². The van der Waals surface area contributed by atoms with E-state index in [-0.39, 0.29) is 5.41 Å².